The minimum atomic E-state index is 0. The average Bonchev–Trinajstić information content (AvgIpc) is 3.31. The molecule has 4 aromatic rings. The zero-order valence-electron chi connectivity index (χ0n) is 16.8. The van der Waals surface area contributed by atoms with Crippen molar-refractivity contribution in [2.75, 3.05) is 18.0 Å². The Morgan fingerprint density at radius 1 is 1.07 bits per heavy atom. The van der Waals surface area contributed by atoms with Gasteiger partial charge in [-0.05, 0) is 38.5 Å². The van der Waals surface area contributed by atoms with Crippen LogP contribution in [0.5, 0.6) is 5.75 Å². The first kappa shape index (κ1) is 22.4. The molecule has 10 heteroatoms. The maximum absolute atomic E-state index is 6.12. The fourth-order valence-electron chi connectivity index (χ4n) is 3.63. The van der Waals surface area contributed by atoms with Gasteiger partial charge in [0, 0.05) is 24.0 Å². The molecule has 5 heterocycles. The summed E-state index contributed by atoms with van der Waals surface area (Å²) in [5, 5.41) is 9.73. The second-order valence-corrected chi connectivity index (χ2v) is 8.18. The van der Waals surface area contributed by atoms with Gasteiger partial charge in [-0.1, -0.05) is 0 Å². The maximum atomic E-state index is 6.12. The molecule has 1 atom stereocenters. The van der Waals surface area contributed by atoms with E-state index in [9.17, 15) is 0 Å². The van der Waals surface area contributed by atoms with E-state index in [1.54, 1.807) is 23.9 Å². The lowest BCUT2D eigenvalue weighted by Gasteiger charge is -2.18. The fourth-order valence-corrected chi connectivity index (χ4v) is 4.78. The molecule has 0 radical (unpaired) electrons. The van der Waals surface area contributed by atoms with E-state index in [4.69, 9.17) is 4.74 Å². The highest BCUT2D eigenvalue weighted by Gasteiger charge is 2.28. The van der Waals surface area contributed by atoms with E-state index in [2.05, 4.69) is 37.0 Å². The van der Waals surface area contributed by atoms with Gasteiger partial charge in [-0.2, -0.15) is 5.10 Å². The van der Waals surface area contributed by atoms with Crippen LogP contribution in [-0.4, -0.2) is 44.3 Å². The average molecular weight is 465 g/mol. The molecular formula is C20H22Cl2N6OS. The number of aryl methyl sites for hydroxylation is 3. The Morgan fingerprint density at radius 2 is 1.90 bits per heavy atom. The van der Waals surface area contributed by atoms with Gasteiger partial charge in [0.25, 0.3) is 0 Å². The molecule has 0 N–H and O–H groups in total. The highest BCUT2D eigenvalue weighted by molar-refractivity contribution is 7.26. The molecule has 0 spiro atoms. The van der Waals surface area contributed by atoms with E-state index < -0.39 is 0 Å². The SMILES string of the molecule is Cc1ccc(O[C@H]2CCN(c3ncnc4c3sc3nnc(C)c(C)c34)C2)cn1.Cl.Cl. The summed E-state index contributed by atoms with van der Waals surface area (Å²) in [5.41, 5.74) is 4.03. The Morgan fingerprint density at radius 3 is 2.67 bits per heavy atom. The molecule has 30 heavy (non-hydrogen) atoms. The van der Waals surface area contributed by atoms with Gasteiger partial charge in [0.2, 0.25) is 0 Å². The zero-order chi connectivity index (χ0) is 19.3. The Balaban J connectivity index is 0.00000128. The number of aromatic nitrogens is 5. The van der Waals surface area contributed by atoms with Crippen LogP contribution in [0.2, 0.25) is 0 Å². The predicted molar refractivity (Wildman–Crippen MR) is 125 cm³/mol. The molecule has 0 saturated carbocycles. The number of ether oxygens (including phenoxy) is 1. The Kier molecular flexibility index (Phi) is 6.59. The van der Waals surface area contributed by atoms with Gasteiger partial charge in [-0.3, -0.25) is 4.98 Å². The largest absolute Gasteiger partial charge is 0.487 e. The highest BCUT2D eigenvalue weighted by atomic mass is 35.5. The number of anilines is 1. The van der Waals surface area contributed by atoms with Crippen molar-refractivity contribution >= 4 is 62.4 Å². The number of hydrogen-bond donors (Lipinski definition) is 0. The van der Waals surface area contributed by atoms with Gasteiger partial charge in [0.05, 0.1) is 28.7 Å². The van der Waals surface area contributed by atoms with Crippen molar-refractivity contribution in [1.29, 1.82) is 0 Å². The summed E-state index contributed by atoms with van der Waals surface area (Å²) in [7, 11) is 0. The summed E-state index contributed by atoms with van der Waals surface area (Å²) in [5.74, 6) is 1.77. The van der Waals surface area contributed by atoms with E-state index in [-0.39, 0.29) is 30.9 Å². The molecule has 158 valence electrons. The van der Waals surface area contributed by atoms with E-state index >= 15 is 0 Å². The molecule has 4 aromatic heterocycles. The standard InChI is InChI=1S/C20H20N6OS.2ClH/c1-11-4-5-14(8-21-11)27-15-6-7-26(9-15)19-18-17(22-10-23-19)16-12(2)13(3)24-25-20(16)28-18;;/h4-5,8,10,15H,6-7,9H2,1-3H3;2*1H/t15-;;/m0../s1. The summed E-state index contributed by atoms with van der Waals surface area (Å²) in [6.45, 7) is 7.72. The van der Waals surface area contributed by atoms with E-state index in [1.807, 2.05) is 26.0 Å². The van der Waals surface area contributed by atoms with Crippen LogP contribution in [0.25, 0.3) is 20.4 Å². The van der Waals surface area contributed by atoms with Crippen LogP contribution in [0.4, 0.5) is 5.82 Å². The van der Waals surface area contributed by atoms with Crippen molar-refractivity contribution in [2.24, 2.45) is 0 Å². The lowest BCUT2D eigenvalue weighted by Crippen LogP contribution is -2.25. The molecule has 1 aliphatic heterocycles. The maximum Gasteiger partial charge on any atom is 0.150 e. The molecule has 5 rings (SSSR count). The van der Waals surface area contributed by atoms with Crippen molar-refractivity contribution in [3.8, 4) is 5.75 Å². The number of thiophene rings is 1. The quantitative estimate of drug-likeness (QED) is 0.442. The summed E-state index contributed by atoms with van der Waals surface area (Å²) in [6.07, 6.45) is 4.50. The summed E-state index contributed by atoms with van der Waals surface area (Å²) >= 11 is 1.61. The van der Waals surface area contributed by atoms with Gasteiger partial charge < -0.3 is 9.64 Å². The smallest absolute Gasteiger partial charge is 0.150 e. The van der Waals surface area contributed by atoms with Gasteiger partial charge >= 0.3 is 0 Å². The monoisotopic (exact) mass is 464 g/mol. The third-order valence-electron chi connectivity index (χ3n) is 5.27. The van der Waals surface area contributed by atoms with Crippen LogP contribution in [0.3, 0.4) is 0 Å². The first-order valence-electron chi connectivity index (χ1n) is 9.31. The van der Waals surface area contributed by atoms with Crippen LogP contribution in [-0.2, 0) is 0 Å². The van der Waals surface area contributed by atoms with Gasteiger partial charge in [-0.25, -0.2) is 9.97 Å². The minimum Gasteiger partial charge on any atom is -0.487 e. The van der Waals surface area contributed by atoms with E-state index in [0.29, 0.717) is 0 Å². The molecule has 0 amide bonds. The molecular weight excluding hydrogens is 443 g/mol. The predicted octanol–water partition coefficient (Wildman–Crippen LogP) is 4.46. The molecule has 0 bridgehead atoms. The first-order valence-corrected chi connectivity index (χ1v) is 10.1. The lowest BCUT2D eigenvalue weighted by molar-refractivity contribution is 0.224. The number of nitrogens with zero attached hydrogens (tertiary/aromatic N) is 6. The van der Waals surface area contributed by atoms with Crippen molar-refractivity contribution in [2.45, 2.75) is 33.3 Å². The van der Waals surface area contributed by atoms with E-state index in [1.165, 1.54) is 0 Å². The lowest BCUT2D eigenvalue weighted by atomic mass is 10.1. The molecule has 1 aliphatic rings. The second kappa shape index (κ2) is 8.83. The topological polar surface area (TPSA) is 76.9 Å². The normalized spacial score (nSPS) is 15.8. The van der Waals surface area contributed by atoms with Crippen LogP contribution in [0, 0.1) is 20.8 Å². The fraction of sp³-hybridized carbons (Fsp3) is 0.350. The number of pyridine rings is 1. The Hall–Kier alpha value is -2.29. The van der Waals surface area contributed by atoms with Gasteiger partial charge in [0.15, 0.2) is 0 Å². The third kappa shape index (κ3) is 3.87. The molecule has 1 fully saturated rings. The van der Waals surface area contributed by atoms with Crippen LogP contribution in [0.1, 0.15) is 23.4 Å². The second-order valence-electron chi connectivity index (χ2n) is 7.18. The molecule has 0 aliphatic carbocycles. The Labute approximate surface area is 190 Å². The third-order valence-corrected chi connectivity index (χ3v) is 6.33. The molecule has 0 unspecified atom stereocenters. The molecule has 7 nitrogen and oxygen atoms in total. The number of halogens is 2. The summed E-state index contributed by atoms with van der Waals surface area (Å²) in [4.78, 5) is 16.7. The van der Waals surface area contributed by atoms with Crippen LogP contribution >= 0.6 is 36.2 Å². The minimum absolute atomic E-state index is 0. The summed E-state index contributed by atoms with van der Waals surface area (Å²) < 4.78 is 7.19. The number of fused-ring (bicyclic) bond motifs is 3. The van der Waals surface area contributed by atoms with Gasteiger partial charge in [-0.15, -0.1) is 41.2 Å². The Bertz CT molecular complexity index is 1180. The summed E-state index contributed by atoms with van der Waals surface area (Å²) in [6, 6.07) is 3.95. The van der Waals surface area contributed by atoms with Crippen molar-refractivity contribution < 1.29 is 4.74 Å². The first-order chi connectivity index (χ1) is 13.6. The number of rotatable bonds is 3. The van der Waals surface area contributed by atoms with Crippen molar-refractivity contribution in [3.05, 3.63) is 41.6 Å². The van der Waals surface area contributed by atoms with Crippen LogP contribution < -0.4 is 9.64 Å². The van der Waals surface area contributed by atoms with E-state index in [0.717, 1.165) is 68.5 Å². The highest BCUT2D eigenvalue weighted by Crippen LogP contribution is 2.38. The molecule has 1 saturated heterocycles. The van der Waals surface area contributed by atoms with Gasteiger partial charge in [0.1, 0.15) is 28.8 Å². The van der Waals surface area contributed by atoms with Crippen molar-refractivity contribution in [3.63, 3.8) is 0 Å². The molecule has 0 aromatic carbocycles. The van der Waals surface area contributed by atoms with Crippen molar-refractivity contribution in [1.82, 2.24) is 25.1 Å². The number of hydrogen-bond acceptors (Lipinski definition) is 8. The van der Waals surface area contributed by atoms with Crippen LogP contribution in [0.15, 0.2) is 24.7 Å². The zero-order valence-corrected chi connectivity index (χ0v) is 19.3.